The van der Waals surface area contributed by atoms with Gasteiger partial charge in [-0.15, -0.1) is 0 Å². The Morgan fingerprint density at radius 2 is 2.04 bits per heavy atom. The second-order valence-electron chi connectivity index (χ2n) is 5.44. The zero-order valence-corrected chi connectivity index (χ0v) is 12.9. The van der Waals surface area contributed by atoms with Gasteiger partial charge >= 0.3 is 0 Å². The number of aromatic amines is 1. The first-order chi connectivity index (χ1) is 11.2. The number of H-pyrrole nitrogens is 1. The molecule has 0 saturated carbocycles. The van der Waals surface area contributed by atoms with Gasteiger partial charge in [-0.2, -0.15) is 0 Å². The molecule has 3 rings (SSSR count). The number of carbonyl (C=O) groups excluding carboxylic acids is 1. The number of aromatic nitrogens is 3. The second-order valence-corrected chi connectivity index (χ2v) is 5.44. The van der Waals surface area contributed by atoms with E-state index in [-0.39, 0.29) is 17.9 Å². The Balaban J connectivity index is 1.92. The van der Waals surface area contributed by atoms with E-state index in [1.165, 1.54) is 0 Å². The number of hydrogen-bond acceptors (Lipinski definition) is 4. The molecule has 6 heteroatoms. The van der Waals surface area contributed by atoms with Crippen molar-refractivity contribution in [2.75, 3.05) is 6.54 Å². The van der Waals surface area contributed by atoms with Gasteiger partial charge in [0.25, 0.3) is 5.56 Å². The minimum Gasteiger partial charge on any atom is -0.356 e. The van der Waals surface area contributed by atoms with Gasteiger partial charge in [-0.1, -0.05) is 31.5 Å². The van der Waals surface area contributed by atoms with Crippen LogP contribution < -0.4 is 10.9 Å². The molecule has 3 aromatic rings. The van der Waals surface area contributed by atoms with Gasteiger partial charge in [0, 0.05) is 11.9 Å². The van der Waals surface area contributed by atoms with Crippen molar-refractivity contribution in [3.8, 4) is 0 Å². The van der Waals surface area contributed by atoms with E-state index in [4.69, 9.17) is 0 Å². The van der Waals surface area contributed by atoms with Crippen LogP contribution >= 0.6 is 0 Å². The minimum atomic E-state index is -0.322. The number of para-hydroxylation sites is 1. The molecule has 0 atom stereocenters. The first-order valence-electron chi connectivity index (χ1n) is 7.73. The summed E-state index contributed by atoms with van der Waals surface area (Å²) >= 11 is 0. The molecule has 0 saturated heterocycles. The molecule has 0 aliphatic carbocycles. The number of pyridine rings is 1. The van der Waals surface area contributed by atoms with Gasteiger partial charge in [0.1, 0.15) is 5.82 Å². The van der Waals surface area contributed by atoms with E-state index in [9.17, 15) is 9.59 Å². The summed E-state index contributed by atoms with van der Waals surface area (Å²) in [4.78, 5) is 35.4. The average Bonchev–Trinajstić information content (AvgIpc) is 2.53. The lowest BCUT2D eigenvalue weighted by Crippen LogP contribution is -2.27. The van der Waals surface area contributed by atoms with Crippen molar-refractivity contribution < 1.29 is 4.79 Å². The second kappa shape index (κ2) is 6.56. The van der Waals surface area contributed by atoms with Crippen molar-refractivity contribution in [2.24, 2.45) is 0 Å². The summed E-state index contributed by atoms with van der Waals surface area (Å²) in [6.07, 6.45) is 2.01. The SMILES string of the molecule is CCCCNC(=O)Cc1nc2cc3ccccc3nc2c(=O)[nH]1. The van der Waals surface area contributed by atoms with Gasteiger partial charge in [0.2, 0.25) is 5.91 Å². The highest BCUT2D eigenvalue weighted by atomic mass is 16.1. The van der Waals surface area contributed by atoms with Crippen LogP contribution in [0.1, 0.15) is 25.6 Å². The topological polar surface area (TPSA) is 87.7 Å². The predicted octanol–water partition coefficient (Wildman–Crippen LogP) is 1.93. The largest absolute Gasteiger partial charge is 0.356 e. The number of carbonyl (C=O) groups is 1. The van der Waals surface area contributed by atoms with E-state index in [2.05, 4.69) is 27.2 Å². The molecule has 0 spiro atoms. The molecule has 2 N–H and O–H groups in total. The molecular formula is C17H18N4O2. The zero-order chi connectivity index (χ0) is 16.2. The van der Waals surface area contributed by atoms with Crippen LogP contribution in [0.4, 0.5) is 0 Å². The highest BCUT2D eigenvalue weighted by molar-refractivity contribution is 5.90. The third-order valence-electron chi connectivity index (χ3n) is 3.61. The third kappa shape index (κ3) is 3.36. The fourth-order valence-electron chi connectivity index (χ4n) is 2.42. The molecule has 0 fully saturated rings. The van der Waals surface area contributed by atoms with Gasteiger partial charge in [-0.05, 0) is 18.6 Å². The number of amides is 1. The predicted molar refractivity (Wildman–Crippen MR) is 89.3 cm³/mol. The van der Waals surface area contributed by atoms with Crippen LogP contribution in [0.2, 0.25) is 0 Å². The van der Waals surface area contributed by atoms with Crippen LogP contribution in [0.15, 0.2) is 35.1 Å². The molecule has 0 unspecified atom stereocenters. The number of benzene rings is 1. The van der Waals surface area contributed by atoms with Gasteiger partial charge in [-0.3, -0.25) is 9.59 Å². The monoisotopic (exact) mass is 310 g/mol. The Morgan fingerprint density at radius 1 is 1.22 bits per heavy atom. The number of nitrogens with zero attached hydrogens (tertiary/aromatic N) is 2. The Bertz CT molecular complexity index is 917. The lowest BCUT2D eigenvalue weighted by atomic mass is 10.2. The first kappa shape index (κ1) is 15.1. The zero-order valence-electron chi connectivity index (χ0n) is 12.9. The molecular weight excluding hydrogens is 292 g/mol. The summed E-state index contributed by atoms with van der Waals surface area (Å²) in [7, 11) is 0. The molecule has 118 valence electrons. The molecule has 0 aliphatic heterocycles. The van der Waals surface area contributed by atoms with E-state index in [0.29, 0.717) is 23.4 Å². The molecule has 1 amide bonds. The summed E-state index contributed by atoms with van der Waals surface area (Å²) in [5.41, 5.74) is 1.22. The summed E-state index contributed by atoms with van der Waals surface area (Å²) < 4.78 is 0. The third-order valence-corrected chi connectivity index (χ3v) is 3.61. The van der Waals surface area contributed by atoms with E-state index >= 15 is 0 Å². The smallest absolute Gasteiger partial charge is 0.277 e. The van der Waals surface area contributed by atoms with Gasteiger partial charge in [0.15, 0.2) is 5.52 Å². The molecule has 0 bridgehead atoms. The number of hydrogen-bond donors (Lipinski definition) is 2. The molecule has 6 nitrogen and oxygen atoms in total. The minimum absolute atomic E-state index is 0.0573. The fourth-order valence-corrected chi connectivity index (χ4v) is 2.42. The summed E-state index contributed by atoms with van der Waals surface area (Å²) in [5, 5.41) is 3.73. The van der Waals surface area contributed by atoms with Crippen LogP contribution in [0.3, 0.4) is 0 Å². The summed E-state index contributed by atoms with van der Waals surface area (Å²) in [5.74, 6) is 0.211. The number of unbranched alkanes of at least 4 members (excludes halogenated alkanes) is 1. The number of rotatable bonds is 5. The van der Waals surface area contributed by atoms with Gasteiger partial charge in [0.05, 0.1) is 17.5 Å². The average molecular weight is 310 g/mol. The Hall–Kier alpha value is -2.76. The van der Waals surface area contributed by atoms with Crippen molar-refractivity contribution in [3.63, 3.8) is 0 Å². The van der Waals surface area contributed by atoms with Crippen LogP contribution in [-0.4, -0.2) is 27.4 Å². The Kier molecular flexibility index (Phi) is 4.32. The van der Waals surface area contributed by atoms with Crippen LogP contribution in [0, 0.1) is 0 Å². The van der Waals surface area contributed by atoms with Crippen molar-refractivity contribution in [1.82, 2.24) is 20.3 Å². The molecule has 1 aromatic carbocycles. The standard InChI is InChI=1S/C17H18N4O2/c1-2-3-8-18-15(22)10-14-19-13-9-11-6-4-5-7-12(11)20-16(13)17(23)21-14/h4-7,9H,2-3,8,10H2,1H3,(H,18,22)(H,19,21,23). The Labute approximate surface area is 133 Å². The molecule has 2 heterocycles. The van der Waals surface area contributed by atoms with E-state index < -0.39 is 0 Å². The normalized spacial score (nSPS) is 11.0. The van der Waals surface area contributed by atoms with E-state index in [1.807, 2.05) is 30.3 Å². The first-order valence-corrected chi connectivity index (χ1v) is 7.73. The lowest BCUT2D eigenvalue weighted by Gasteiger charge is -2.05. The maximum Gasteiger partial charge on any atom is 0.277 e. The fraction of sp³-hybridized carbons (Fsp3) is 0.294. The molecule has 0 aliphatic rings. The number of fused-ring (bicyclic) bond motifs is 2. The van der Waals surface area contributed by atoms with Crippen LogP contribution in [-0.2, 0) is 11.2 Å². The summed E-state index contributed by atoms with van der Waals surface area (Å²) in [6.45, 7) is 2.70. The molecule has 2 aromatic heterocycles. The summed E-state index contributed by atoms with van der Waals surface area (Å²) in [6, 6.07) is 9.37. The van der Waals surface area contributed by atoms with Gasteiger partial charge < -0.3 is 10.3 Å². The van der Waals surface area contributed by atoms with E-state index in [1.54, 1.807) is 0 Å². The van der Waals surface area contributed by atoms with Crippen molar-refractivity contribution in [3.05, 3.63) is 46.5 Å². The molecule has 0 radical (unpaired) electrons. The maximum atomic E-state index is 12.2. The van der Waals surface area contributed by atoms with Crippen LogP contribution in [0.25, 0.3) is 21.9 Å². The van der Waals surface area contributed by atoms with Crippen molar-refractivity contribution >= 4 is 27.8 Å². The Morgan fingerprint density at radius 3 is 2.87 bits per heavy atom. The van der Waals surface area contributed by atoms with Crippen LogP contribution in [0.5, 0.6) is 0 Å². The highest BCUT2D eigenvalue weighted by Gasteiger charge is 2.10. The molecule has 23 heavy (non-hydrogen) atoms. The van der Waals surface area contributed by atoms with Gasteiger partial charge in [-0.25, -0.2) is 9.97 Å². The van der Waals surface area contributed by atoms with Crippen molar-refractivity contribution in [2.45, 2.75) is 26.2 Å². The van der Waals surface area contributed by atoms with Crippen molar-refractivity contribution in [1.29, 1.82) is 0 Å². The highest BCUT2D eigenvalue weighted by Crippen LogP contribution is 2.15. The van der Waals surface area contributed by atoms with E-state index in [0.717, 1.165) is 23.7 Å². The lowest BCUT2D eigenvalue weighted by molar-refractivity contribution is -0.120. The number of nitrogens with one attached hydrogen (secondary N) is 2. The quantitative estimate of drug-likeness (QED) is 0.557. The maximum absolute atomic E-state index is 12.2.